The van der Waals surface area contributed by atoms with Gasteiger partial charge in [0.25, 0.3) is 5.91 Å². The maximum absolute atomic E-state index is 11.8. The fourth-order valence-corrected chi connectivity index (χ4v) is 1.56. The van der Waals surface area contributed by atoms with Crippen molar-refractivity contribution in [3.63, 3.8) is 0 Å². The van der Waals surface area contributed by atoms with Gasteiger partial charge >= 0.3 is 0 Å². The van der Waals surface area contributed by atoms with Crippen LogP contribution in [0.1, 0.15) is 13.3 Å². The van der Waals surface area contributed by atoms with Crippen LogP contribution < -0.4 is 15.4 Å². The average molecular weight is 243 g/mol. The summed E-state index contributed by atoms with van der Waals surface area (Å²) in [7, 11) is 0. The molecule has 5 nitrogen and oxygen atoms in total. The first-order valence-electron chi connectivity index (χ1n) is 5.72. The molecule has 0 bridgehead atoms. The molecular weight excluding hydrogens is 230 g/mol. The Balaban J connectivity index is 2.22. The highest BCUT2D eigenvalue weighted by molar-refractivity contribution is 5.98. The van der Waals surface area contributed by atoms with Crippen molar-refractivity contribution in [2.45, 2.75) is 13.3 Å². The maximum Gasteiger partial charge on any atom is 0.267 e. The van der Waals surface area contributed by atoms with Crippen LogP contribution >= 0.6 is 0 Å². The monoisotopic (exact) mass is 243 g/mol. The smallest absolute Gasteiger partial charge is 0.267 e. The first-order valence-corrected chi connectivity index (χ1v) is 5.72. The normalized spacial score (nSPS) is 14.9. The van der Waals surface area contributed by atoms with E-state index < -0.39 is 5.91 Å². The van der Waals surface area contributed by atoms with Crippen LogP contribution in [-0.4, -0.2) is 12.5 Å². The van der Waals surface area contributed by atoms with E-state index in [0.29, 0.717) is 12.3 Å². The zero-order valence-corrected chi connectivity index (χ0v) is 9.99. The molecule has 1 heterocycles. The Kier molecular flexibility index (Phi) is 3.49. The molecule has 0 spiro atoms. The molecule has 1 aliphatic rings. The number of anilines is 1. The van der Waals surface area contributed by atoms with Crippen LogP contribution in [0.4, 0.5) is 5.69 Å². The molecule has 0 aromatic heterocycles. The van der Waals surface area contributed by atoms with E-state index in [1.54, 1.807) is 6.07 Å². The van der Waals surface area contributed by atoms with Gasteiger partial charge in [0.15, 0.2) is 11.3 Å². The molecule has 1 aromatic rings. The molecule has 1 aromatic carbocycles. The molecule has 2 N–H and O–H groups in total. The van der Waals surface area contributed by atoms with E-state index in [1.807, 2.05) is 31.2 Å². The third-order valence-corrected chi connectivity index (χ3v) is 2.45. The number of benzene rings is 1. The predicted octanol–water partition coefficient (Wildman–Crippen LogP) is 1.75. The van der Waals surface area contributed by atoms with Gasteiger partial charge in [0, 0.05) is 6.54 Å². The molecule has 0 saturated carbocycles. The van der Waals surface area contributed by atoms with Crippen molar-refractivity contribution in [2.75, 3.05) is 11.9 Å². The summed E-state index contributed by atoms with van der Waals surface area (Å²) in [6.07, 6.45) is 0.814. The standard InChI is InChI=1S/C13H13N3O2/c1-2-7-15-12(17)9(8-14)13-16-10-5-3-4-6-11(10)18-13/h3-6,16H,2,7H2,1H3,(H,15,17). The van der Waals surface area contributed by atoms with Gasteiger partial charge in [0.2, 0.25) is 5.88 Å². The van der Waals surface area contributed by atoms with E-state index in [0.717, 1.165) is 12.1 Å². The van der Waals surface area contributed by atoms with Crippen LogP contribution in [0.3, 0.4) is 0 Å². The molecule has 0 aliphatic carbocycles. The van der Waals surface area contributed by atoms with Crippen molar-refractivity contribution >= 4 is 11.6 Å². The number of nitrogens with zero attached hydrogens (tertiary/aromatic N) is 1. The van der Waals surface area contributed by atoms with Crippen molar-refractivity contribution in [2.24, 2.45) is 0 Å². The Morgan fingerprint density at radius 3 is 2.94 bits per heavy atom. The summed E-state index contributed by atoms with van der Waals surface area (Å²) in [6, 6.07) is 9.14. The lowest BCUT2D eigenvalue weighted by Gasteiger charge is -2.04. The summed E-state index contributed by atoms with van der Waals surface area (Å²) >= 11 is 0. The van der Waals surface area contributed by atoms with Gasteiger partial charge in [-0.3, -0.25) is 4.79 Å². The Labute approximate surface area is 105 Å². The van der Waals surface area contributed by atoms with Crippen molar-refractivity contribution in [1.82, 2.24) is 5.32 Å². The highest BCUT2D eigenvalue weighted by Gasteiger charge is 2.23. The van der Waals surface area contributed by atoms with Gasteiger partial charge in [-0.2, -0.15) is 5.26 Å². The molecule has 2 rings (SSSR count). The lowest BCUT2D eigenvalue weighted by molar-refractivity contribution is -0.117. The molecule has 1 amide bonds. The predicted molar refractivity (Wildman–Crippen MR) is 66.6 cm³/mol. The van der Waals surface area contributed by atoms with Crippen LogP contribution in [0.2, 0.25) is 0 Å². The van der Waals surface area contributed by atoms with Gasteiger partial charge in [-0.15, -0.1) is 0 Å². The van der Waals surface area contributed by atoms with Crippen molar-refractivity contribution in [3.8, 4) is 11.8 Å². The summed E-state index contributed by atoms with van der Waals surface area (Å²) in [5.41, 5.74) is 0.711. The van der Waals surface area contributed by atoms with E-state index in [1.165, 1.54) is 0 Å². The van der Waals surface area contributed by atoms with Crippen LogP contribution in [0.15, 0.2) is 35.7 Å². The Morgan fingerprint density at radius 2 is 2.28 bits per heavy atom. The van der Waals surface area contributed by atoms with E-state index in [4.69, 9.17) is 10.00 Å². The van der Waals surface area contributed by atoms with E-state index in [2.05, 4.69) is 10.6 Å². The van der Waals surface area contributed by atoms with Crippen LogP contribution in [0.25, 0.3) is 0 Å². The number of amides is 1. The van der Waals surface area contributed by atoms with Crippen LogP contribution in [0.5, 0.6) is 5.75 Å². The number of rotatable bonds is 3. The van der Waals surface area contributed by atoms with Gasteiger partial charge in [-0.25, -0.2) is 0 Å². The number of hydrogen-bond acceptors (Lipinski definition) is 4. The lowest BCUT2D eigenvalue weighted by atomic mass is 10.2. The summed E-state index contributed by atoms with van der Waals surface area (Å²) in [6.45, 7) is 2.48. The first-order chi connectivity index (χ1) is 8.76. The topological polar surface area (TPSA) is 74.2 Å². The van der Waals surface area contributed by atoms with Crippen molar-refractivity contribution in [1.29, 1.82) is 5.26 Å². The van der Waals surface area contributed by atoms with Crippen molar-refractivity contribution in [3.05, 3.63) is 35.7 Å². The third kappa shape index (κ3) is 2.28. The Bertz CT molecular complexity index is 516. The minimum absolute atomic E-state index is 0.0420. The van der Waals surface area contributed by atoms with Crippen LogP contribution in [-0.2, 0) is 4.79 Å². The molecule has 18 heavy (non-hydrogen) atoms. The van der Waals surface area contributed by atoms with Crippen molar-refractivity contribution < 1.29 is 9.53 Å². The number of fused-ring (bicyclic) bond motifs is 1. The van der Waals surface area contributed by atoms with Crippen LogP contribution in [0, 0.1) is 11.3 Å². The molecule has 1 aliphatic heterocycles. The zero-order chi connectivity index (χ0) is 13.0. The van der Waals surface area contributed by atoms with Gasteiger partial charge in [-0.1, -0.05) is 19.1 Å². The summed E-state index contributed by atoms with van der Waals surface area (Å²) in [5.74, 6) is 0.380. The van der Waals surface area contributed by atoms with Gasteiger partial charge in [0.05, 0.1) is 5.69 Å². The van der Waals surface area contributed by atoms with E-state index in [-0.39, 0.29) is 11.5 Å². The zero-order valence-electron chi connectivity index (χ0n) is 9.99. The molecular formula is C13H13N3O2. The Morgan fingerprint density at radius 1 is 1.50 bits per heavy atom. The summed E-state index contributed by atoms with van der Waals surface area (Å²) in [5, 5.41) is 14.6. The summed E-state index contributed by atoms with van der Waals surface area (Å²) < 4.78 is 5.45. The minimum Gasteiger partial charge on any atom is -0.437 e. The molecule has 5 heteroatoms. The van der Waals surface area contributed by atoms with Gasteiger partial charge < -0.3 is 15.4 Å². The van der Waals surface area contributed by atoms with E-state index >= 15 is 0 Å². The number of hydrogen-bond donors (Lipinski definition) is 2. The molecule has 0 atom stereocenters. The molecule has 0 saturated heterocycles. The fraction of sp³-hybridized carbons (Fsp3) is 0.231. The second kappa shape index (κ2) is 5.23. The first kappa shape index (κ1) is 12.0. The number of nitriles is 1. The second-order valence-electron chi connectivity index (χ2n) is 3.80. The average Bonchev–Trinajstić information content (AvgIpc) is 2.80. The maximum atomic E-state index is 11.8. The van der Waals surface area contributed by atoms with Gasteiger partial charge in [0.1, 0.15) is 6.07 Å². The molecule has 0 fully saturated rings. The lowest BCUT2D eigenvalue weighted by Crippen LogP contribution is -2.27. The van der Waals surface area contributed by atoms with E-state index in [9.17, 15) is 4.79 Å². The minimum atomic E-state index is -0.422. The SMILES string of the molecule is CCCNC(=O)C(C#N)=C1Nc2ccccc2O1. The largest absolute Gasteiger partial charge is 0.437 e. The third-order valence-electron chi connectivity index (χ3n) is 2.45. The molecule has 92 valence electrons. The number of ether oxygens (including phenoxy) is 1. The summed E-state index contributed by atoms with van der Waals surface area (Å²) in [4.78, 5) is 11.8. The highest BCUT2D eigenvalue weighted by atomic mass is 16.5. The number of nitrogens with one attached hydrogen (secondary N) is 2. The quantitative estimate of drug-likeness (QED) is 0.626. The number of para-hydroxylation sites is 2. The number of carbonyl (C=O) groups excluding carboxylic acids is 1. The molecule has 0 unspecified atom stereocenters. The highest BCUT2D eigenvalue weighted by Crippen LogP contribution is 2.33. The molecule has 0 radical (unpaired) electrons. The van der Waals surface area contributed by atoms with Gasteiger partial charge in [-0.05, 0) is 18.6 Å². The number of carbonyl (C=O) groups is 1. The second-order valence-corrected chi connectivity index (χ2v) is 3.80. The Hall–Kier alpha value is -2.48. The fourth-order valence-electron chi connectivity index (χ4n) is 1.56.